The summed E-state index contributed by atoms with van der Waals surface area (Å²) in [6.07, 6.45) is 0. The summed E-state index contributed by atoms with van der Waals surface area (Å²) >= 11 is 0. The summed E-state index contributed by atoms with van der Waals surface area (Å²) < 4.78 is 0. The fourth-order valence-corrected chi connectivity index (χ4v) is 0. The van der Waals surface area contributed by atoms with Crippen LogP contribution in [-0.4, -0.2) is 86.6 Å². The van der Waals surface area contributed by atoms with Gasteiger partial charge < -0.3 is 21.7 Å². The first kappa shape index (κ1) is 17.5. The summed E-state index contributed by atoms with van der Waals surface area (Å²) in [6, 6.07) is 0. The quantitative estimate of drug-likeness (QED) is 0.361. The minimum absolute atomic E-state index is 0. The number of hydrogen-bond donors (Lipinski definition) is 4. The minimum Gasteiger partial charge on any atom is -0.480 e. The van der Waals surface area contributed by atoms with E-state index in [1.165, 1.54) is 0 Å². The van der Waals surface area contributed by atoms with E-state index in [9.17, 15) is 9.59 Å². The summed E-state index contributed by atoms with van der Waals surface area (Å²) in [4.78, 5) is 18.5. The molecule has 0 aliphatic heterocycles. The zero-order valence-corrected chi connectivity index (χ0v) is 9.40. The second-order valence-electron chi connectivity index (χ2n) is 1.20. The third-order valence-corrected chi connectivity index (χ3v) is 0.349. The van der Waals surface area contributed by atoms with Gasteiger partial charge in [-0.3, -0.25) is 9.59 Å². The van der Waals surface area contributed by atoms with E-state index in [4.69, 9.17) is 10.2 Å². The average molecular weight is 189 g/mol. The third kappa shape index (κ3) is 37.5. The number of hydrogen-bond acceptors (Lipinski definition) is 4. The predicted molar refractivity (Wildman–Crippen MR) is 39.1 cm³/mol. The second-order valence-corrected chi connectivity index (χ2v) is 1.20. The molecule has 0 aromatic carbocycles. The number of nitrogens with two attached hydrogens (primary N) is 2. The maximum Gasteiger partial charge on any atom is 0.317 e. The molecule has 1 radical (unpaired) electrons. The Morgan fingerprint density at radius 3 is 1.09 bits per heavy atom. The van der Waals surface area contributed by atoms with Gasteiger partial charge in [0.2, 0.25) is 0 Å². The number of carbonyl (C=O) groups is 2. The van der Waals surface area contributed by atoms with Crippen molar-refractivity contribution < 1.29 is 19.8 Å². The molecule has 6 N–H and O–H groups in total. The van der Waals surface area contributed by atoms with Crippen LogP contribution >= 0.6 is 0 Å². The standard InChI is InChI=1S/2C2H5NO2.K/c2*3-1-2(4)5;/h2*1,3H2,(H,4,5);. The zero-order valence-electron chi connectivity index (χ0n) is 6.28. The number of carboxylic acid groups (broad SMARTS) is 2. The molecule has 0 fully saturated rings. The van der Waals surface area contributed by atoms with Crippen molar-refractivity contribution in [1.29, 1.82) is 0 Å². The molecule has 11 heavy (non-hydrogen) atoms. The molecule has 0 aromatic heterocycles. The summed E-state index contributed by atoms with van der Waals surface area (Å²) in [6.45, 7) is -0.556. The first-order chi connectivity index (χ1) is 4.54. The monoisotopic (exact) mass is 189 g/mol. The van der Waals surface area contributed by atoms with Gasteiger partial charge in [-0.15, -0.1) is 0 Å². The summed E-state index contributed by atoms with van der Waals surface area (Å²) in [7, 11) is 0. The van der Waals surface area contributed by atoms with E-state index in [-0.39, 0.29) is 64.5 Å². The Morgan fingerprint density at radius 2 is 1.09 bits per heavy atom. The fourth-order valence-electron chi connectivity index (χ4n) is 0. The minimum atomic E-state index is -0.968. The Morgan fingerprint density at radius 1 is 1.00 bits per heavy atom. The molecule has 7 heteroatoms. The van der Waals surface area contributed by atoms with Crippen LogP contribution < -0.4 is 11.5 Å². The van der Waals surface area contributed by atoms with Crippen molar-refractivity contribution in [3.63, 3.8) is 0 Å². The average Bonchev–Trinajstić information content (AvgIpc) is 1.89. The SMILES string of the molecule is NCC(=O)O.NCC(=O)O.[K]. The van der Waals surface area contributed by atoms with Crippen molar-refractivity contribution in [2.75, 3.05) is 13.1 Å². The van der Waals surface area contributed by atoms with Gasteiger partial charge in [0.15, 0.2) is 0 Å². The molecular weight excluding hydrogens is 179 g/mol. The molecule has 0 aliphatic carbocycles. The molecule has 0 heterocycles. The Balaban J connectivity index is -0.000000107. The van der Waals surface area contributed by atoms with Crippen LogP contribution in [0.3, 0.4) is 0 Å². The van der Waals surface area contributed by atoms with Gasteiger partial charge in [0.05, 0.1) is 13.1 Å². The van der Waals surface area contributed by atoms with Crippen molar-refractivity contribution in [1.82, 2.24) is 0 Å². The van der Waals surface area contributed by atoms with Crippen molar-refractivity contribution in [3.05, 3.63) is 0 Å². The molecule has 0 aromatic rings. The van der Waals surface area contributed by atoms with E-state index in [1.807, 2.05) is 0 Å². The molecule has 61 valence electrons. The van der Waals surface area contributed by atoms with Crippen LogP contribution in [0.1, 0.15) is 0 Å². The number of aliphatic carboxylic acids is 2. The molecule has 0 unspecified atom stereocenters. The van der Waals surface area contributed by atoms with Crippen LogP contribution in [0.2, 0.25) is 0 Å². The Hall–Kier alpha value is 0.496. The largest absolute Gasteiger partial charge is 0.480 e. The Labute approximate surface area is 106 Å². The van der Waals surface area contributed by atoms with Gasteiger partial charge in [-0.2, -0.15) is 0 Å². The molecule has 6 nitrogen and oxygen atoms in total. The van der Waals surface area contributed by atoms with Crippen molar-refractivity contribution in [2.45, 2.75) is 0 Å². The van der Waals surface area contributed by atoms with Gasteiger partial charge in [-0.25, -0.2) is 0 Å². The fraction of sp³-hybridized carbons (Fsp3) is 0.500. The molecule has 0 aliphatic rings. The predicted octanol–water partition coefficient (Wildman–Crippen LogP) is -2.32. The molecule has 0 spiro atoms. The third-order valence-electron chi connectivity index (χ3n) is 0.349. The number of carboxylic acids is 2. The van der Waals surface area contributed by atoms with Gasteiger partial charge in [-0.05, 0) is 0 Å². The van der Waals surface area contributed by atoms with Gasteiger partial charge in [-0.1, -0.05) is 0 Å². The van der Waals surface area contributed by atoms with Crippen LogP contribution in [0, 0.1) is 0 Å². The van der Waals surface area contributed by atoms with Crippen LogP contribution in [0.15, 0.2) is 0 Å². The van der Waals surface area contributed by atoms with Crippen molar-refractivity contribution in [2.24, 2.45) is 11.5 Å². The maximum absolute atomic E-state index is 9.24. The molecular formula is C4H10KN2O4. The second kappa shape index (κ2) is 13.1. The van der Waals surface area contributed by atoms with E-state index in [1.54, 1.807) is 0 Å². The van der Waals surface area contributed by atoms with E-state index in [0.717, 1.165) is 0 Å². The van der Waals surface area contributed by atoms with Crippen molar-refractivity contribution >= 4 is 63.3 Å². The summed E-state index contributed by atoms with van der Waals surface area (Å²) in [5, 5.41) is 15.2. The zero-order chi connectivity index (χ0) is 8.57. The molecule has 0 saturated carbocycles. The maximum atomic E-state index is 9.24. The van der Waals surface area contributed by atoms with Gasteiger partial charge in [0.25, 0.3) is 0 Å². The molecule has 0 atom stereocenters. The normalized spacial score (nSPS) is 6.73. The molecule has 0 amide bonds. The van der Waals surface area contributed by atoms with E-state index in [2.05, 4.69) is 11.5 Å². The summed E-state index contributed by atoms with van der Waals surface area (Å²) in [5.74, 6) is -1.94. The topological polar surface area (TPSA) is 127 Å². The van der Waals surface area contributed by atoms with E-state index < -0.39 is 11.9 Å². The Bertz CT molecular complexity index is 105. The van der Waals surface area contributed by atoms with Crippen LogP contribution in [-0.2, 0) is 9.59 Å². The smallest absolute Gasteiger partial charge is 0.317 e. The van der Waals surface area contributed by atoms with E-state index >= 15 is 0 Å². The molecule has 0 rings (SSSR count). The van der Waals surface area contributed by atoms with Gasteiger partial charge in [0, 0.05) is 51.4 Å². The van der Waals surface area contributed by atoms with Crippen molar-refractivity contribution in [3.8, 4) is 0 Å². The van der Waals surface area contributed by atoms with Crippen LogP contribution in [0.5, 0.6) is 0 Å². The summed E-state index contributed by atoms with van der Waals surface area (Å²) in [5.41, 5.74) is 9.14. The van der Waals surface area contributed by atoms with Crippen LogP contribution in [0.4, 0.5) is 0 Å². The van der Waals surface area contributed by atoms with Gasteiger partial charge >= 0.3 is 11.9 Å². The first-order valence-electron chi connectivity index (χ1n) is 2.38. The molecule has 0 saturated heterocycles. The first-order valence-corrected chi connectivity index (χ1v) is 2.38. The van der Waals surface area contributed by atoms with Gasteiger partial charge in [0.1, 0.15) is 0 Å². The Kier molecular flexibility index (Phi) is 20.9. The van der Waals surface area contributed by atoms with Crippen LogP contribution in [0.25, 0.3) is 0 Å². The number of rotatable bonds is 2. The van der Waals surface area contributed by atoms with E-state index in [0.29, 0.717) is 0 Å². The molecule has 0 bridgehead atoms.